The lowest BCUT2D eigenvalue weighted by molar-refractivity contribution is 0.880. The van der Waals surface area contributed by atoms with Crippen LogP contribution in [0.4, 0.5) is 0 Å². The highest BCUT2D eigenvalue weighted by Gasteiger charge is 2.06. The standard InChI is InChI=1S/C11H11ClN4/c1-7-5-15-16(6-7)10-3-2-8(11(13)14)4-9(10)12/h2-6H,1H3,(H3,13,14). The molecule has 0 aliphatic carbocycles. The molecule has 1 aromatic heterocycles. The Hall–Kier alpha value is -1.81. The Kier molecular flexibility index (Phi) is 2.66. The number of aryl methyl sites for hydroxylation is 1. The third-order valence-corrected chi connectivity index (χ3v) is 2.52. The second-order valence-electron chi connectivity index (χ2n) is 3.54. The van der Waals surface area contributed by atoms with Crippen molar-refractivity contribution in [2.45, 2.75) is 6.92 Å². The zero-order valence-corrected chi connectivity index (χ0v) is 9.49. The summed E-state index contributed by atoms with van der Waals surface area (Å²) in [6.45, 7) is 1.96. The largest absolute Gasteiger partial charge is 0.384 e. The van der Waals surface area contributed by atoms with Gasteiger partial charge in [0.15, 0.2) is 0 Å². The topological polar surface area (TPSA) is 67.7 Å². The number of nitrogens with two attached hydrogens (primary N) is 1. The van der Waals surface area contributed by atoms with Crippen molar-refractivity contribution in [3.63, 3.8) is 0 Å². The summed E-state index contributed by atoms with van der Waals surface area (Å²) in [7, 11) is 0. The number of aromatic nitrogens is 2. The first-order valence-electron chi connectivity index (χ1n) is 4.73. The van der Waals surface area contributed by atoms with Gasteiger partial charge in [-0.25, -0.2) is 4.68 Å². The summed E-state index contributed by atoms with van der Waals surface area (Å²) in [6, 6.07) is 5.21. The summed E-state index contributed by atoms with van der Waals surface area (Å²) < 4.78 is 1.70. The first-order valence-corrected chi connectivity index (χ1v) is 5.11. The Morgan fingerprint density at radius 2 is 2.25 bits per heavy atom. The van der Waals surface area contributed by atoms with Gasteiger partial charge in [-0.3, -0.25) is 5.41 Å². The van der Waals surface area contributed by atoms with Crippen molar-refractivity contribution in [2.24, 2.45) is 5.73 Å². The predicted molar refractivity (Wildman–Crippen MR) is 64.3 cm³/mol. The van der Waals surface area contributed by atoms with E-state index < -0.39 is 0 Å². The third-order valence-electron chi connectivity index (χ3n) is 2.22. The molecule has 0 aliphatic heterocycles. The zero-order chi connectivity index (χ0) is 11.7. The van der Waals surface area contributed by atoms with Crippen LogP contribution < -0.4 is 5.73 Å². The van der Waals surface area contributed by atoms with Crippen molar-refractivity contribution in [3.05, 3.63) is 46.7 Å². The van der Waals surface area contributed by atoms with Crippen LogP contribution in [0.5, 0.6) is 0 Å². The van der Waals surface area contributed by atoms with E-state index in [2.05, 4.69) is 5.10 Å². The minimum atomic E-state index is 0.00472. The number of hydrogen-bond donors (Lipinski definition) is 2. The highest BCUT2D eigenvalue weighted by molar-refractivity contribution is 6.32. The fourth-order valence-corrected chi connectivity index (χ4v) is 1.67. The normalized spacial score (nSPS) is 10.4. The smallest absolute Gasteiger partial charge is 0.122 e. The molecule has 0 radical (unpaired) electrons. The van der Waals surface area contributed by atoms with E-state index >= 15 is 0 Å². The summed E-state index contributed by atoms with van der Waals surface area (Å²) >= 11 is 6.10. The van der Waals surface area contributed by atoms with Crippen LogP contribution in [0, 0.1) is 12.3 Å². The summed E-state index contributed by atoms with van der Waals surface area (Å²) in [5, 5.41) is 12.0. The second-order valence-corrected chi connectivity index (χ2v) is 3.95. The highest BCUT2D eigenvalue weighted by Crippen LogP contribution is 2.21. The Morgan fingerprint density at radius 3 is 2.75 bits per heavy atom. The maximum absolute atomic E-state index is 7.31. The molecule has 0 saturated heterocycles. The number of nitrogens with zero attached hydrogens (tertiary/aromatic N) is 2. The van der Waals surface area contributed by atoms with Gasteiger partial charge in [0.1, 0.15) is 5.84 Å². The van der Waals surface area contributed by atoms with E-state index in [0.29, 0.717) is 10.6 Å². The Bertz CT molecular complexity index is 545. The van der Waals surface area contributed by atoms with E-state index in [9.17, 15) is 0 Å². The molecule has 0 atom stereocenters. The maximum atomic E-state index is 7.31. The van der Waals surface area contributed by atoms with Gasteiger partial charge in [-0.1, -0.05) is 11.6 Å². The van der Waals surface area contributed by atoms with Gasteiger partial charge in [0.2, 0.25) is 0 Å². The van der Waals surface area contributed by atoms with E-state index in [4.69, 9.17) is 22.7 Å². The molecule has 1 aromatic carbocycles. The van der Waals surface area contributed by atoms with E-state index in [1.165, 1.54) is 0 Å². The molecule has 16 heavy (non-hydrogen) atoms. The van der Waals surface area contributed by atoms with E-state index in [1.807, 2.05) is 13.1 Å². The summed E-state index contributed by atoms with van der Waals surface area (Å²) in [5.41, 5.74) is 7.83. The van der Waals surface area contributed by atoms with E-state index in [0.717, 1.165) is 11.3 Å². The summed E-state index contributed by atoms with van der Waals surface area (Å²) in [4.78, 5) is 0. The van der Waals surface area contributed by atoms with Gasteiger partial charge >= 0.3 is 0 Å². The number of benzene rings is 1. The highest BCUT2D eigenvalue weighted by atomic mass is 35.5. The van der Waals surface area contributed by atoms with Crippen LogP contribution in [0.2, 0.25) is 5.02 Å². The SMILES string of the molecule is Cc1cnn(-c2ccc(C(=N)N)cc2Cl)c1. The van der Waals surface area contributed by atoms with Crippen molar-refractivity contribution in [1.29, 1.82) is 5.41 Å². The lowest BCUT2D eigenvalue weighted by Crippen LogP contribution is -2.11. The minimum absolute atomic E-state index is 0.00472. The van der Waals surface area contributed by atoms with E-state index in [1.54, 1.807) is 29.1 Å². The van der Waals surface area contributed by atoms with Crippen LogP contribution in [0.25, 0.3) is 5.69 Å². The Labute approximate surface area is 98.2 Å². The summed E-state index contributed by atoms with van der Waals surface area (Å²) in [5.74, 6) is 0.00472. The molecule has 0 amide bonds. The molecule has 0 fully saturated rings. The van der Waals surface area contributed by atoms with Crippen LogP contribution in [0.15, 0.2) is 30.6 Å². The average Bonchev–Trinajstić information content (AvgIpc) is 2.64. The third kappa shape index (κ3) is 1.92. The Morgan fingerprint density at radius 1 is 1.50 bits per heavy atom. The molecule has 82 valence electrons. The van der Waals surface area contributed by atoms with Crippen LogP contribution >= 0.6 is 11.6 Å². The lowest BCUT2D eigenvalue weighted by atomic mass is 10.2. The fourth-order valence-electron chi connectivity index (χ4n) is 1.40. The monoisotopic (exact) mass is 234 g/mol. The fraction of sp³-hybridized carbons (Fsp3) is 0.0909. The zero-order valence-electron chi connectivity index (χ0n) is 8.74. The van der Waals surface area contributed by atoms with Gasteiger partial charge < -0.3 is 5.73 Å². The van der Waals surface area contributed by atoms with Crippen molar-refractivity contribution in [3.8, 4) is 5.69 Å². The van der Waals surface area contributed by atoms with Gasteiger partial charge in [0, 0.05) is 11.8 Å². The summed E-state index contributed by atoms with van der Waals surface area (Å²) in [6.07, 6.45) is 3.64. The first-order chi connectivity index (χ1) is 7.58. The van der Waals surface area contributed by atoms with Gasteiger partial charge in [-0.05, 0) is 30.7 Å². The number of nitrogens with one attached hydrogen (secondary N) is 1. The molecule has 0 aliphatic rings. The predicted octanol–water partition coefficient (Wildman–Crippen LogP) is 2.12. The van der Waals surface area contributed by atoms with Gasteiger partial charge in [-0.15, -0.1) is 0 Å². The van der Waals surface area contributed by atoms with Crippen molar-refractivity contribution in [2.75, 3.05) is 0 Å². The quantitative estimate of drug-likeness (QED) is 0.617. The number of amidine groups is 1. The molecule has 5 heteroatoms. The maximum Gasteiger partial charge on any atom is 0.122 e. The first kappa shape index (κ1) is 10.7. The lowest BCUT2D eigenvalue weighted by Gasteiger charge is -2.06. The molecule has 2 aromatic rings. The number of halogens is 1. The van der Waals surface area contributed by atoms with Gasteiger partial charge in [0.25, 0.3) is 0 Å². The molecule has 1 heterocycles. The molecule has 0 saturated carbocycles. The second kappa shape index (κ2) is 3.98. The van der Waals surface area contributed by atoms with E-state index in [-0.39, 0.29) is 5.84 Å². The molecule has 2 rings (SSSR count). The van der Waals surface area contributed by atoms with Crippen LogP contribution in [-0.4, -0.2) is 15.6 Å². The van der Waals surface area contributed by atoms with Crippen molar-refractivity contribution >= 4 is 17.4 Å². The number of nitrogen functional groups attached to an aromatic ring is 1. The molecule has 0 bridgehead atoms. The minimum Gasteiger partial charge on any atom is -0.384 e. The average molecular weight is 235 g/mol. The van der Waals surface area contributed by atoms with Crippen LogP contribution in [-0.2, 0) is 0 Å². The number of hydrogen-bond acceptors (Lipinski definition) is 2. The molecule has 0 spiro atoms. The molecule has 0 unspecified atom stereocenters. The molecule has 4 nitrogen and oxygen atoms in total. The number of rotatable bonds is 2. The van der Waals surface area contributed by atoms with Crippen LogP contribution in [0.1, 0.15) is 11.1 Å². The Balaban J connectivity index is 2.47. The molecule has 3 N–H and O–H groups in total. The molecular formula is C11H11ClN4. The van der Waals surface area contributed by atoms with Crippen LogP contribution in [0.3, 0.4) is 0 Å². The van der Waals surface area contributed by atoms with Crippen molar-refractivity contribution < 1.29 is 0 Å². The van der Waals surface area contributed by atoms with Gasteiger partial charge in [-0.2, -0.15) is 5.10 Å². The van der Waals surface area contributed by atoms with Gasteiger partial charge in [0.05, 0.1) is 16.9 Å². The van der Waals surface area contributed by atoms with Crippen molar-refractivity contribution in [1.82, 2.24) is 9.78 Å². The molecular weight excluding hydrogens is 224 g/mol.